The van der Waals surface area contributed by atoms with E-state index in [9.17, 15) is 5.11 Å². The molecule has 0 saturated carbocycles. The predicted molar refractivity (Wildman–Crippen MR) is 114 cm³/mol. The van der Waals surface area contributed by atoms with Crippen molar-refractivity contribution in [3.63, 3.8) is 0 Å². The third kappa shape index (κ3) is 4.81. The lowest BCUT2D eigenvalue weighted by Gasteiger charge is -2.29. The molecule has 0 saturated heterocycles. The van der Waals surface area contributed by atoms with Gasteiger partial charge in [0.1, 0.15) is 11.3 Å². The molecule has 0 bridgehead atoms. The van der Waals surface area contributed by atoms with Crippen molar-refractivity contribution < 1.29 is 9.84 Å². The molecule has 0 aliphatic carbocycles. The molecule has 0 spiro atoms. The van der Waals surface area contributed by atoms with Crippen molar-refractivity contribution in [1.82, 2.24) is 15.0 Å². The monoisotopic (exact) mass is 421 g/mol. The van der Waals surface area contributed by atoms with Gasteiger partial charge in [0.25, 0.3) is 0 Å². The van der Waals surface area contributed by atoms with Gasteiger partial charge in [0.05, 0.1) is 12.6 Å². The minimum Gasteiger partial charge on any atom is -0.458 e. The van der Waals surface area contributed by atoms with Gasteiger partial charge < -0.3 is 20.5 Å². The summed E-state index contributed by atoms with van der Waals surface area (Å²) >= 11 is 7.25. The van der Waals surface area contributed by atoms with Gasteiger partial charge in [-0.25, -0.2) is 0 Å². The first kappa shape index (κ1) is 20.6. The largest absolute Gasteiger partial charge is 0.458 e. The van der Waals surface area contributed by atoms with E-state index in [1.54, 1.807) is 0 Å². The summed E-state index contributed by atoms with van der Waals surface area (Å²) in [4.78, 5) is 15.2. The van der Waals surface area contributed by atoms with Crippen LogP contribution in [0.3, 0.4) is 0 Å². The molecule has 0 radical (unpaired) electrons. The second-order valence-corrected chi connectivity index (χ2v) is 8.49. The van der Waals surface area contributed by atoms with E-state index in [4.69, 9.17) is 22.1 Å². The van der Waals surface area contributed by atoms with Crippen LogP contribution in [0.15, 0.2) is 24.3 Å². The van der Waals surface area contributed by atoms with Crippen LogP contribution in [-0.4, -0.2) is 39.8 Å². The van der Waals surface area contributed by atoms with Gasteiger partial charge in [0.2, 0.25) is 0 Å². The number of anilines is 2. The maximum Gasteiger partial charge on any atom is 0.320 e. The highest BCUT2D eigenvalue weighted by atomic mass is 35.5. The summed E-state index contributed by atoms with van der Waals surface area (Å²) in [6.07, 6.45) is 0.827. The maximum atomic E-state index is 9.86. The molecule has 2 heterocycles. The van der Waals surface area contributed by atoms with Crippen LogP contribution in [0.2, 0.25) is 5.02 Å². The van der Waals surface area contributed by atoms with E-state index in [1.165, 1.54) is 11.3 Å². The lowest BCUT2D eigenvalue weighted by Crippen LogP contribution is -2.36. The molecule has 0 amide bonds. The molecule has 7 nitrogen and oxygen atoms in total. The lowest BCUT2D eigenvalue weighted by atomic mass is 10.0. The number of likely N-dealkylation sites (N-methyl/N-ethyl adjacent to an activating group) is 1. The number of aliphatic hydroxyl groups is 1. The molecule has 0 unspecified atom stereocenters. The summed E-state index contributed by atoms with van der Waals surface area (Å²) < 4.78 is 6.58. The number of nitrogen functional groups attached to an aromatic ring is 1. The number of aliphatic hydroxyl groups excluding tert-OH is 1. The van der Waals surface area contributed by atoms with E-state index >= 15 is 0 Å². The molecule has 0 aliphatic rings. The van der Waals surface area contributed by atoms with Crippen molar-refractivity contribution in [2.24, 2.45) is 5.92 Å². The van der Waals surface area contributed by atoms with Crippen molar-refractivity contribution in [1.29, 1.82) is 0 Å². The Morgan fingerprint density at radius 3 is 2.57 bits per heavy atom. The zero-order chi connectivity index (χ0) is 20.3. The number of hydrogen-bond acceptors (Lipinski definition) is 8. The molecule has 1 atom stereocenters. The fourth-order valence-corrected chi connectivity index (χ4v) is 3.84. The number of benzene rings is 1. The highest BCUT2D eigenvalue weighted by Gasteiger charge is 2.22. The van der Waals surface area contributed by atoms with E-state index in [2.05, 4.69) is 28.8 Å². The zero-order valence-electron chi connectivity index (χ0n) is 16.1. The van der Waals surface area contributed by atoms with Crippen molar-refractivity contribution in [2.75, 3.05) is 24.3 Å². The van der Waals surface area contributed by atoms with E-state index < -0.39 is 0 Å². The Bertz CT molecular complexity index is 932. The van der Waals surface area contributed by atoms with Crippen LogP contribution >= 0.6 is 22.9 Å². The summed E-state index contributed by atoms with van der Waals surface area (Å²) in [7, 11) is 1.91. The Balaban J connectivity index is 1.90. The molecule has 2 aromatic heterocycles. The van der Waals surface area contributed by atoms with Crippen LogP contribution in [0, 0.1) is 5.92 Å². The molecule has 28 heavy (non-hydrogen) atoms. The number of ether oxygens (including phenoxy) is 1. The number of hydrogen-bond donors (Lipinski definition) is 2. The Labute approximate surface area is 173 Å². The molecule has 0 fully saturated rings. The van der Waals surface area contributed by atoms with Crippen LogP contribution < -0.4 is 15.4 Å². The van der Waals surface area contributed by atoms with Gasteiger partial charge in [-0.05, 0) is 30.0 Å². The molecule has 1 aromatic carbocycles. The first-order chi connectivity index (χ1) is 13.4. The summed E-state index contributed by atoms with van der Waals surface area (Å²) in [6, 6.07) is 7.53. The molecule has 3 N–H and O–H groups in total. The minimum absolute atomic E-state index is 0.0232. The quantitative estimate of drug-likeness (QED) is 0.571. The fourth-order valence-electron chi connectivity index (χ4n) is 2.91. The standard InChI is InChI=1S/C19H24ClN5O2S/c1-11(2)8-14(9-26)25(3)17-15-16(22-18(21)28-15)23-19(24-17)27-10-12-4-6-13(20)7-5-12/h4-7,11,14,26H,8-10H2,1-3H3,(H2,21,22,23,24)/t14-/m1/s1. The Morgan fingerprint density at radius 2 is 1.93 bits per heavy atom. The first-order valence-electron chi connectivity index (χ1n) is 9.02. The maximum absolute atomic E-state index is 9.86. The van der Waals surface area contributed by atoms with E-state index in [1.807, 2.05) is 36.2 Å². The number of thiazole rings is 1. The molecule has 3 rings (SSSR count). The Morgan fingerprint density at radius 1 is 1.21 bits per heavy atom. The van der Waals surface area contributed by atoms with E-state index in [-0.39, 0.29) is 18.7 Å². The number of nitrogens with zero attached hydrogens (tertiary/aromatic N) is 4. The third-order valence-corrected chi connectivity index (χ3v) is 5.47. The molecule has 9 heteroatoms. The second kappa shape index (κ2) is 8.89. The van der Waals surface area contributed by atoms with E-state index in [0.29, 0.717) is 34.1 Å². The van der Waals surface area contributed by atoms with Crippen LogP contribution in [0.5, 0.6) is 6.01 Å². The average molecular weight is 422 g/mol. The fraction of sp³-hybridized carbons (Fsp3) is 0.421. The molecule has 3 aromatic rings. The zero-order valence-corrected chi connectivity index (χ0v) is 17.7. The van der Waals surface area contributed by atoms with Crippen LogP contribution in [0.4, 0.5) is 10.9 Å². The second-order valence-electron chi connectivity index (χ2n) is 7.03. The molecular weight excluding hydrogens is 398 g/mol. The lowest BCUT2D eigenvalue weighted by molar-refractivity contribution is 0.244. The van der Waals surface area contributed by atoms with Crippen molar-refractivity contribution in [3.05, 3.63) is 34.9 Å². The van der Waals surface area contributed by atoms with Gasteiger partial charge in [0, 0.05) is 12.1 Å². The predicted octanol–water partition coefficient (Wildman–Crippen LogP) is 3.74. The van der Waals surface area contributed by atoms with Gasteiger partial charge in [-0.15, -0.1) is 0 Å². The van der Waals surface area contributed by atoms with E-state index in [0.717, 1.165) is 16.7 Å². The number of nitrogens with two attached hydrogens (primary N) is 1. The summed E-state index contributed by atoms with van der Waals surface area (Å²) in [5.74, 6) is 1.09. The normalized spacial score (nSPS) is 12.5. The molecular formula is C19H24ClN5O2S. The summed E-state index contributed by atoms with van der Waals surface area (Å²) in [5.41, 5.74) is 7.34. The summed E-state index contributed by atoms with van der Waals surface area (Å²) in [5, 5.41) is 10.9. The van der Waals surface area contributed by atoms with Gasteiger partial charge in [-0.3, -0.25) is 0 Å². The topological polar surface area (TPSA) is 97.4 Å². The van der Waals surface area contributed by atoms with Crippen LogP contribution in [0.25, 0.3) is 10.3 Å². The van der Waals surface area contributed by atoms with Crippen molar-refractivity contribution in [2.45, 2.75) is 32.9 Å². The number of halogens is 1. The number of rotatable bonds is 8. The molecule has 150 valence electrons. The van der Waals surface area contributed by atoms with Crippen LogP contribution in [-0.2, 0) is 6.61 Å². The molecule has 0 aliphatic heterocycles. The number of fused-ring (bicyclic) bond motifs is 1. The average Bonchev–Trinajstić information content (AvgIpc) is 3.04. The highest BCUT2D eigenvalue weighted by molar-refractivity contribution is 7.22. The highest BCUT2D eigenvalue weighted by Crippen LogP contribution is 2.33. The SMILES string of the molecule is CC(C)C[C@H](CO)N(C)c1nc(OCc2ccc(Cl)cc2)nc2nc(N)sc12. The summed E-state index contributed by atoms with van der Waals surface area (Å²) in [6.45, 7) is 4.57. The Kier molecular flexibility index (Phi) is 6.53. The van der Waals surface area contributed by atoms with Gasteiger partial charge >= 0.3 is 6.01 Å². The Hall–Kier alpha value is -2.16. The first-order valence-corrected chi connectivity index (χ1v) is 10.2. The number of aromatic nitrogens is 3. The third-order valence-electron chi connectivity index (χ3n) is 4.35. The van der Waals surface area contributed by atoms with Gasteiger partial charge in [-0.2, -0.15) is 15.0 Å². The van der Waals surface area contributed by atoms with Crippen LogP contribution in [0.1, 0.15) is 25.8 Å². The smallest absolute Gasteiger partial charge is 0.320 e. The van der Waals surface area contributed by atoms with Gasteiger partial charge in [0.15, 0.2) is 16.6 Å². The van der Waals surface area contributed by atoms with Crippen molar-refractivity contribution in [3.8, 4) is 6.01 Å². The van der Waals surface area contributed by atoms with Gasteiger partial charge in [-0.1, -0.05) is 48.9 Å². The minimum atomic E-state index is -0.0782. The van der Waals surface area contributed by atoms with Crippen molar-refractivity contribution >= 4 is 44.2 Å².